The highest BCUT2D eigenvalue weighted by Crippen LogP contribution is 2.28. The summed E-state index contributed by atoms with van der Waals surface area (Å²) in [6.45, 7) is 6.32. The molecule has 0 spiro atoms. The fourth-order valence-electron chi connectivity index (χ4n) is 3.02. The lowest BCUT2D eigenvalue weighted by Crippen LogP contribution is -2.48. The van der Waals surface area contributed by atoms with Gasteiger partial charge in [-0.3, -0.25) is 4.90 Å². The molecular formula is C16H22N2O3. The molecule has 114 valence electrons. The number of amides is 2. The summed E-state index contributed by atoms with van der Waals surface area (Å²) in [5.41, 5.74) is 2.95. The van der Waals surface area contributed by atoms with Gasteiger partial charge >= 0.3 is 12.0 Å². The zero-order chi connectivity index (χ0) is 15.7. The number of rotatable bonds is 2. The first-order valence-electron chi connectivity index (χ1n) is 7.17. The lowest BCUT2D eigenvalue weighted by atomic mass is 10.0. The fourth-order valence-corrected chi connectivity index (χ4v) is 3.02. The van der Waals surface area contributed by atoms with E-state index in [1.165, 1.54) is 4.90 Å². The number of carbonyl (C=O) groups excluding carboxylic acids is 1. The first kappa shape index (κ1) is 15.4. The van der Waals surface area contributed by atoms with Gasteiger partial charge in [0, 0.05) is 19.3 Å². The number of benzene rings is 1. The molecule has 2 rings (SSSR count). The van der Waals surface area contributed by atoms with Crippen LogP contribution in [0.15, 0.2) is 18.2 Å². The molecule has 2 amide bonds. The molecule has 2 atom stereocenters. The minimum atomic E-state index is -0.928. The van der Waals surface area contributed by atoms with Crippen molar-refractivity contribution < 1.29 is 14.7 Å². The van der Waals surface area contributed by atoms with Crippen molar-refractivity contribution in [3.63, 3.8) is 0 Å². The summed E-state index contributed by atoms with van der Waals surface area (Å²) in [7, 11) is 1.70. The smallest absolute Gasteiger partial charge is 0.326 e. The number of hydrogen-bond donors (Lipinski definition) is 1. The van der Waals surface area contributed by atoms with Crippen molar-refractivity contribution >= 4 is 17.7 Å². The van der Waals surface area contributed by atoms with Crippen LogP contribution in [0.2, 0.25) is 0 Å². The van der Waals surface area contributed by atoms with Crippen molar-refractivity contribution in [2.75, 3.05) is 18.5 Å². The molecule has 1 aromatic rings. The molecular weight excluding hydrogens is 268 g/mol. The predicted octanol–water partition coefficient (Wildman–Crippen LogP) is 2.65. The monoisotopic (exact) mass is 290 g/mol. The van der Waals surface area contributed by atoms with Gasteiger partial charge in [-0.2, -0.15) is 0 Å². The Balaban J connectivity index is 2.25. The van der Waals surface area contributed by atoms with Crippen molar-refractivity contribution in [1.29, 1.82) is 0 Å². The normalized spacial score (nSPS) is 21.4. The van der Waals surface area contributed by atoms with Crippen LogP contribution >= 0.6 is 0 Å². The Hall–Kier alpha value is -2.04. The quantitative estimate of drug-likeness (QED) is 0.911. The van der Waals surface area contributed by atoms with Crippen molar-refractivity contribution in [2.45, 2.75) is 33.2 Å². The Bertz CT molecular complexity index is 571. The highest BCUT2D eigenvalue weighted by atomic mass is 16.4. The van der Waals surface area contributed by atoms with Crippen molar-refractivity contribution in [1.82, 2.24) is 4.90 Å². The van der Waals surface area contributed by atoms with Crippen LogP contribution in [0, 0.1) is 19.8 Å². The zero-order valence-corrected chi connectivity index (χ0v) is 13.0. The molecule has 1 aliphatic rings. The molecule has 0 saturated carbocycles. The van der Waals surface area contributed by atoms with Crippen molar-refractivity contribution in [3.05, 3.63) is 29.3 Å². The van der Waals surface area contributed by atoms with Gasteiger partial charge in [0.15, 0.2) is 0 Å². The van der Waals surface area contributed by atoms with E-state index in [0.717, 1.165) is 23.2 Å². The second-order valence-electron chi connectivity index (χ2n) is 5.87. The summed E-state index contributed by atoms with van der Waals surface area (Å²) in [6.07, 6.45) is 0.726. The molecule has 0 aromatic heterocycles. The summed E-state index contributed by atoms with van der Waals surface area (Å²) in [5, 5.41) is 9.33. The number of carboxylic acid groups (broad SMARTS) is 1. The Morgan fingerprint density at radius 2 is 2.00 bits per heavy atom. The molecule has 5 heteroatoms. The summed E-state index contributed by atoms with van der Waals surface area (Å²) < 4.78 is 0. The average molecular weight is 290 g/mol. The van der Waals surface area contributed by atoms with Gasteiger partial charge in [-0.25, -0.2) is 9.59 Å². The largest absolute Gasteiger partial charge is 0.480 e. The van der Waals surface area contributed by atoms with E-state index in [2.05, 4.69) is 0 Å². The molecule has 5 nitrogen and oxygen atoms in total. The molecule has 1 saturated heterocycles. The summed E-state index contributed by atoms with van der Waals surface area (Å²) in [5.74, 6) is -0.943. The van der Waals surface area contributed by atoms with Crippen LogP contribution in [0.3, 0.4) is 0 Å². The number of aryl methyl sites for hydroxylation is 2. The number of hydrogen-bond acceptors (Lipinski definition) is 2. The van der Waals surface area contributed by atoms with Gasteiger partial charge in [-0.05, 0) is 37.8 Å². The number of nitrogens with zero attached hydrogens (tertiary/aromatic N) is 2. The summed E-state index contributed by atoms with van der Waals surface area (Å²) >= 11 is 0. The Morgan fingerprint density at radius 1 is 1.33 bits per heavy atom. The van der Waals surface area contributed by atoms with Gasteiger partial charge in [-0.1, -0.05) is 24.6 Å². The van der Waals surface area contributed by atoms with Crippen LogP contribution in [-0.2, 0) is 4.79 Å². The van der Waals surface area contributed by atoms with Crippen LogP contribution in [0.4, 0.5) is 10.5 Å². The van der Waals surface area contributed by atoms with E-state index in [9.17, 15) is 14.7 Å². The van der Waals surface area contributed by atoms with Crippen LogP contribution in [0.1, 0.15) is 24.5 Å². The lowest BCUT2D eigenvalue weighted by molar-refractivity contribution is -0.142. The van der Waals surface area contributed by atoms with E-state index >= 15 is 0 Å². The van der Waals surface area contributed by atoms with Gasteiger partial charge in [0.1, 0.15) is 6.04 Å². The topological polar surface area (TPSA) is 60.9 Å². The van der Waals surface area contributed by atoms with Crippen molar-refractivity contribution in [2.24, 2.45) is 5.92 Å². The number of likely N-dealkylation sites (tertiary alicyclic amines) is 1. The van der Waals surface area contributed by atoms with E-state index in [4.69, 9.17) is 0 Å². The Kier molecular flexibility index (Phi) is 4.21. The van der Waals surface area contributed by atoms with Crippen LogP contribution < -0.4 is 4.90 Å². The van der Waals surface area contributed by atoms with Gasteiger partial charge in [0.05, 0.1) is 0 Å². The number of anilines is 1. The minimum Gasteiger partial charge on any atom is -0.480 e. The van der Waals surface area contributed by atoms with Gasteiger partial charge < -0.3 is 10.0 Å². The number of aliphatic carboxylic acids is 1. The van der Waals surface area contributed by atoms with Crippen LogP contribution in [0.25, 0.3) is 0 Å². The molecule has 0 radical (unpaired) electrons. The molecule has 1 fully saturated rings. The van der Waals surface area contributed by atoms with Crippen LogP contribution in [0.5, 0.6) is 0 Å². The maximum atomic E-state index is 12.6. The summed E-state index contributed by atoms with van der Waals surface area (Å²) in [4.78, 5) is 27.0. The van der Waals surface area contributed by atoms with E-state index in [-0.39, 0.29) is 11.9 Å². The molecule has 2 unspecified atom stereocenters. The molecule has 0 aliphatic carbocycles. The first-order chi connectivity index (χ1) is 9.82. The standard InChI is InChI=1S/C16H22N2O3/c1-10-5-6-13(12(3)9-10)17(4)16(21)18-8-7-11(2)14(18)15(19)20/h5-6,9,11,14H,7-8H2,1-4H3,(H,19,20). The van der Waals surface area contributed by atoms with Crippen molar-refractivity contribution in [3.8, 4) is 0 Å². The van der Waals surface area contributed by atoms with Gasteiger partial charge in [-0.15, -0.1) is 0 Å². The second-order valence-corrected chi connectivity index (χ2v) is 5.87. The van der Waals surface area contributed by atoms with E-state index in [1.54, 1.807) is 11.9 Å². The molecule has 1 N–H and O–H groups in total. The Labute approximate surface area is 125 Å². The van der Waals surface area contributed by atoms with E-state index in [0.29, 0.717) is 6.54 Å². The van der Waals surface area contributed by atoms with E-state index < -0.39 is 12.0 Å². The predicted molar refractivity (Wildman–Crippen MR) is 81.6 cm³/mol. The third-order valence-corrected chi connectivity index (χ3v) is 4.20. The molecule has 0 bridgehead atoms. The molecule has 1 aliphatic heterocycles. The first-order valence-corrected chi connectivity index (χ1v) is 7.17. The number of carbonyl (C=O) groups is 2. The number of urea groups is 1. The van der Waals surface area contributed by atoms with Gasteiger partial charge in [0.25, 0.3) is 0 Å². The highest BCUT2D eigenvalue weighted by Gasteiger charge is 2.40. The van der Waals surface area contributed by atoms with Gasteiger partial charge in [0.2, 0.25) is 0 Å². The molecule has 1 aromatic carbocycles. The third kappa shape index (κ3) is 2.86. The molecule has 21 heavy (non-hydrogen) atoms. The average Bonchev–Trinajstić information content (AvgIpc) is 2.79. The third-order valence-electron chi connectivity index (χ3n) is 4.20. The highest BCUT2D eigenvalue weighted by molar-refractivity contribution is 5.95. The Morgan fingerprint density at radius 3 is 2.57 bits per heavy atom. The zero-order valence-electron chi connectivity index (χ0n) is 13.0. The SMILES string of the molecule is Cc1ccc(N(C)C(=O)N2CCC(C)C2C(=O)O)c(C)c1. The summed E-state index contributed by atoms with van der Waals surface area (Å²) in [6, 6.07) is 4.88. The number of carboxylic acids is 1. The van der Waals surface area contributed by atoms with Crippen LogP contribution in [-0.4, -0.2) is 41.6 Å². The lowest BCUT2D eigenvalue weighted by Gasteiger charge is -2.29. The fraction of sp³-hybridized carbons (Fsp3) is 0.500. The maximum absolute atomic E-state index is 12.6. The second kappa shape index (κ2) is 5.76. The molecule has 1 heterocycles. The maximum Gasteiger partial charge on any atom is 0.326 e. The van der Waals surface area contributed by atoms with E-state index in [1.807, 2.05) is 39.0 Å². The minimum absolute atomic E-state index is 0.0148.